The molecule has 0 aliphatic carbocycles. The highest BCUT2D eigenvalue weighted by molar-refractivity contribution is 5.95. The van der Waals surface area contributed by atoms with Crippen LogP contribution >= 0.6 is 0 Å². The third kappa shape index (κ3) is 6.43. The summed E-state index contributed by atoms with van der Waals surface area (Å²) in [6, 6.07) is 20.3. The fraction of sp³-hybridized carbons (Fsp3) is 0.400. The molecule has 2 aromatic carbocycles. The van der Waals surface area contributed by atoms with Crippen LogP contribution in [0.25, 0.3) is 0 Å². The lowest BCUT2D eigenvalue weighted by atomic mass is 9.89. The smallest absolute Gasteiger partial charge is 0.253 e. The van der Waals surface area contributed by atoms with E-state index in [1.807, 2.05) is 37.3 Å². The minimum absolute atomic E-state index is 0.0193. The van der Waals surface area contributed by atoms with Crippen LogP contribution in [0.15, 0.2) is 60.7 Å². The molecule has 6 heteroatoms. The number of nitrogens with zero attached hydrogens (tertiary/aromatic N) is 2. The summed E-state index contributed by atoms with van der Waals surface area (Å²) in [6.07, 6.45) is 3.81. The molecular weight excluding hydrogens is 450 g/mol. The number of carbonyl (C=O) groups is 1. The minimum atomic E-state index is -0.0193. The standard InChI is InChI=1S/C30H37N3O3/c1-22-14-15-26(30(34)31-18-8-11-23-9-5-4-6-10-23)28(32-22)24-16-19-33(20-17-24)21-25-12-7-13-27(35-2)29(25)36-3/h4-7,9-10,12-15,24H,8,11,16-21H2,1-3H3,(H,31,34). The summed E-state index contributed by atoms with van der Waals surface area (Å²) >= 11 is 0. The van der Waals surface area contributed by atoms with Crippen LogP contribution in [-0.2, 0) is 13.0 Å². The van der Waals surface area contributed by atoms with Crippen LogP contribution < -0.4 is 14.8 Å². The summed E-state index contributed by atoms with van der Waals surface area (Å²) in [5.41, 5.74) is 5.03. The third-order valence-corrected chi connectivity index (χ3v) is 6.93. The van der Waals surface area contributed by atoms with Crippen LogP contribution in [-0.4, -0.2) is 49.6 Å². The number of ether oxygens (including phenoxy) is 2. The zero-order valence-corrected chi connectivity index (χ0v) is 21.6. The van der Waals surface area contributed by atoms with Crippen LogP contribution in [0, 0.1) is 6.92 Å². The van der Waals surface area contributed by atoms with Crippen LogP contribution in [0.2, 0.25) is 0 Å². The van der Waals surface area contributed by atoms with Gasteiger partial charge in [-0.15, -0.1) is 0 Å². The molecule has 1 saturated heterocycles. The number of aromatic nitrogens is 1. The molecular formula is C30H37N3O3. The Morgan fingerprint density at radius 2 is 1.78 bits per heavy atom. The highest BCUT2D eigenvalue weighted by Gasteiger charge is 2.26. The molecule has 1 N–H and O–H groups in total. The molecule has 1 aliphatic heterocycles. The van der Waals surface area contributed by atoms with Crippen molar-refractivity contribution < 1.29 is 14.3 Å². The van der Waals surface area contributed by atoms with E-state index in [0.717, 1.165) is 73.8 Å². The zero-order valence-electron chi connectivity index (χ0n) is 21.6. The average molecular weight is 488 g/mol. The molecule has 1 fully saturated rings. The van der Waals surface area contributed by atoms with E-state index in [1.165, 1.54) is 5.56 Å². The van der Waals surface area contributed by atoms with Crippen molar-refractivity contribution in [1.29, 1.82) is 0 Å². The maximum atomic E-state index is 13.1. The Kier molecular flexibility index (Phi) is 8.95. The highest BCUT2D eigenvalue weighted by atomic mass is 16.5. The predicted octanol–water partition coefficient (Wildman–Crippen LogP) is 5.15. The molecule has 1 aliphatic rings. The van der Waals surface area contributed by atoms with Gasteiger partial charge in [-0.3, -0.25) is 14.7 Å². The number of carbonyl (C=O) groups excluding carboxylic acids is 1. The van der Waals surface area contributed by atoms with E-state index in [-0.39, 0.29) is 11.8 Å². The Morgan fingerprint density at radius 3 is 2.50 bits per heavy atom. The van der Waals surface area contributed by atoms with Crippen LogP contribution in [0.1, 0.15) is 58.1 Å². The van der Waals surface area contributed by atoms with Gasteiger partial charge in [0.1, 0.15) is 0 Å². The molecule has 1 aromatic heterocycles. The number of nitrogens with one attached hydrogen (secondary N) is 1. The number of para-hydroxylation sites is 1. The van der Waals surface area contributed by atoms with E-state index in [2.05, 4.69) is 40.5 Å². The van der Waals surface area contributed by atoms with Gasteiger partial charge in [-0.25, -0.2) is 0 Å². The normalized spacial score (nSPS) is 14.4. The van der Waals surface area contributed by atoms with Gasteiger partial charge in [-0.1, -0.05) is 42.5 Å². The number of rotatable bonds is 10. The van der Waals surface area contributed by atoms with Gasteiger partial charge in [-0.2, -0.15) is 0 Å². The minimum Gasteiger partial charge on any atom is -0.493 e. The Hall–Kier alpha value is -3.38. The molecule has 0 spiro atoms. The van der Waals surface area contributed by atoms with E-state index in [9.17, 15) is 4.79 Å². The van der Waals surface area contributed by atoms with E-state index >= 15 is 0 Å². The molecule has 0 atom stereocenters. The monoisotopic (exact) mass is 487 g/mol. The van der Waals surface area contributed by atoms with E-state index in [1.54, 1.807) is 14.2 Å². The van der Waals surface area contributed by atoms with Crippen LogP contribution in [0.3, 0.4) is 0 Å². The molecule has 6 nitrogen and oxygen atoms in total. The average Bonchev–Trinajstić information content (AvgIpc) is 2.91. The van der Waals surface area contributed by atoms with E-state index in [4.69, 9.17) is 14.5 Å². The largest absolute Gasteiger partial charge is 0.493 e. The van der Waals surface area contributed by atoms with Gasteiger partial charge in [0.15, 0.2) is 11.5 Å². The number of aryl methyl sites for hydroxylation is 2. The van der Waals surface area contributed by atoms with Gasteiger partial charge in [-0.05, 0) is 69.5 Å². The molecule has 3 aromatic rings. The zero-order chi connectivity index (χ0) is 25.3. The summed E-state index contributed by atoms with van der Waals surface area (Å²) in [6.45, 7) is 5.35. The Labute approximate surface area is 214 Å². The van der Waals surface area contributed by atoms with Crippen LogP contribution in [0.4, 0.5) is 0 Å². The van der Waals surface area contributed by atoms with Crippen molar-refractivity contribution in [3.05, 3.63) is 88.7 Å². The first-order chi connectivity index (χ1) is 17.6. The lowest BCUT2D eigenvalue weighted by molar-refractivity contribution is 0.0950. The number of amides is 1. The molecule has 2 heterocycles. The first kappa shape index (κ1) is 25.7. The SMILES string of the molecule is COc1cccc(CN2CCC(c3nc(C)ccc3C(=O)NCCCc3ccccc3)CC2)c1OC. The van der Waals surface area contributed by atoms with Crippen molar-refractivity contribution in [2.24, 2.45) is 0 Å². The van der Waals surface area contributed by atoms with E-state index in [0.29, 0.717) is 12.1 Å². The molecule has 0 bridgehead atoms. The quantitative estimate of drug-likeness (QED) is 0.401. The van der Waals surface area contributed by atoms with Crippen molar-refractivity contribution in [2.45, 2.75) is 45.1 Å². The lowest BCUT2D eigenvalue weighted by Crippen LogP contribution is -2.34. The summed E-state index contributed by atoms with van der Waals surface area (Å²) < 4.78 is 11.1. The molecule has 0 saturated carbocycles. The molecule has 4 rings (SSSR count). The fourth-order valence-corrected chi connectivity index (χ4v) is 5.00. The van der Waals surface area contributed by atoms with Gasteiger partial charge in [0.25, 0.3) is 5.91 Å². The van der Waals surface area contributed by atoms with Crippen molar-refractivity contribution >= 4 is 5.91 Å². The van der Waals surface area contributed by atoms with Gasteiger partial charge in [0.2, 0.25) is 0 Å². The van der Waals surface area contributed by atoms with Crippen molar-refractivity contribution in [3.63, 3.8) is 0 Å². The number of hydrogen-bond acceptors (Lipinski definition) is 5. The Morgan fingerprint density at radius 1 is 1.00 bits per heavy atom. The summed E-state index contributed by atoms with van der Waals surface area (Å²) in [5.74, 6) is 1.81. The van der Waals surface area contributed by atoms with Gasteiger partial charge < -0.3 is 14.8 Å². The number of benzene rings is 2. The number of piperidine rings is 1. The number of methoxy groups -OCH3 is 2. The number of hydrogen-bond donors (Lipinski definition) is 1. The summed E-state index contributed by atoms with van der Waals surface area (Å²) in [7, 11) is 3.35. The first-order valence-corrected chi connectivity index (χ1v) is 12.8. The Bertz CT molecular complexity index is 1140. The van der Waals surface area contributed by atoms with Gasteiger partial charge in [0.05, 0.1) is 25.5 Å². The summed E-state index contributed by atoms with van der Waals surface area (Å²) in [4.78, 5) is 20.4. The van der Waals surface area contributed by atoms with Crippen molar-refractivity contribution in [3.8, 4) is 11.5 Å². The summed E-state index contributed by atoms with van der Waals surface area (Å²) in [5, 5.41) is 3.12. The molecule has 0 unspecified atom stereocenters. The molecule has 190 valence electrons. The maximum Gasteiger partial charge on any atom is 0.253 e. The predicted molar refractivity (Wildman–Crippen MR) is 143 cm³/mol. The van der Waals surface area contributed by atoms with Crippen molar-refractivity contribution in [2.75, 3.05) is 33.9 Å². The maximum absolute atomic E-state index is 13.1. The second kappa shape index (κ2) is 12.5. The third-order valence-electron chi connectivity index (χ3n) is 6.93. The lowest BCUT2D eigenvalue weighted by Gasteiger charge is -2.32. The highest BCUT2D eigenvalue weighted by Crippen LogP contribution is 2.34. The van der Waals surface area contributed by atoms with Crippen molar-refractivity contribution in [1.82, 2.24) is 15.2 Å². The molecule has 1 amide bonds. The second-order valence-corrected chi connectivity index (χ2v) is 9.43. The molecule has 0 radical (unpaired) electrons. The first-order valence-electron chi connectivity index (χ1n) is 12.8. The van der Waals surface area contributed by atoms with Gasteiger partial charge in [0, 0.05) is 30.3 Å². The number of likely N-dealkylation sites (tertiary alicyclic amines) is 1. The number of pyridine rings is 1. The topological polar surface area (TPSA) is 63.7 Å². The Balaban J connectivity index is 1.35. The van der Waals surface area contributed by atoms with E-state index < -0.39 is 0 Å². The van der Waals surface area contributed by atoms with Crippen LogP contribution in [0.5, 0.6) is 11.5 Å². The fourth-order valence-electron chi connectivity index (χ4n) is 5.00. The second-order valence-electron chi connectivity index (χ2n) is 9.43. The van der Waals surface area contributed by atoms with Gasteiger partial charge >= 0.3 is 0 Å². The molecule has 36 heavy (non-hydrogen) atoms.